The summed E-state index contributed by atoms with van der Waals surface area (Å²) in [5.74, 6) is 1.08. The fourth-order valence-electron chi connectivity index (χ4n) is 1.60. The lowest BCUT2D eigenvalue weighted by atomic mass is 10.2. The first-order chi connectivity index (χ1) is 9.15. The highest BCUT2D eigenvalue weighted by Crippen LogP contribution is 2.21. The van der Waals surface area contributed by atoms with Crippen LogP contribution < -0.4 is 4.74 Å². The van der Waals surface area contributed by atoms with Gasteiger partial charge in [-0.3, -0.25) is 0 Å². The van der Waals surface area contributed by atoms with Gasteiger partial charge in [0.15, 0.2) is 5.82 Å². The largest absolute Gasteiger partial charge is 0.480 e. The van der Waals surface area contributed by atoms with Gasteiger partial charge in [-0.2, -0.15) is 0 Å². The monoisotopic (exact) mass is 340 g/mol. The van der Waals surface area contributed by atoms with Gasteiger partial charge in [-0.1, -0.05) is 25.6 Å². The van der Waals surface area contributed by atoms with Gasteiger partial charge in [0.2, 0.25) is 5.88 Å². The van der Waals surface area contributed by atoms with Crippen LogP contribution in [0.1, 0.15) is 19.0 Å². The molecule has 0 saturated carbocycles. The Labute approximate surface area is 124 Å². The predicted octanol–water partition coefficient (Wildman–Crippen LogP) is 3.32. The molecule has 0 atom stereocenters. The molecule has 1 N–H and O–H groups in total. The van der Waals surface area contributed by atoms with Gasteiger partial charge < -0.3 is 9.72 Å². The molecule has 100 valence electrons. The number of halogens is 1. The molecule has 0 unspecified atom stereocenters. The van der Waals surface area contributed by atoms with Gasteiger partial charge in [0, 0.05) is 11.8 Å². The molecule has 0 bridgehead atoms. The van der Waals surface area contributed by atoms with Gasteiger partial charge in [0.25, 0.3) is 0 Å². The number of aromatic nitrogens is 4. The summed E-state index contributed by atoms with van der Waals surface area (Å²) in [5.41, 5.74) is 1.66. The van der Waals surface area contributed by atoms with Crippen LogP contribution in [-0.4, -0.2) is 27.3 Å². The van der Waals surface area contributed by atoms with Crippen molar-refractivity contribution in [3.05, 3.63) is 26.9 Å². The zero-order valence-electron chi connectivity index (χ0n) is 10.6. The number of H-pyrrole nitrogens is 1. The van der Waals surface area contributed by atoms with Crippen LogP contribution in [0.15, 0.2) is 16.6 Å². The van der Waals surface area contributed by atoms with E-state index in [-0.39, 0.29) is 0 Å². The molecule has 19 heavy (non-hydrogen) atoms. The Bertz CT molecular complexity index is 627. The zero-order chi connectivity index (χ0) is 13.8. The van der Waals surface area contributed by atoms with E-state index in [1.165, 1.54) is 0 Å². The molecular formula is C12H13BrN4OS. The highest BCUT2D eigenvalue weighted by molar-refractivity contribution is 9.10. The van der Waals surface area contributed by atoms with E-state index in [2.05, 4.69) is 43.0 Å². The number of aryl methyl sites for hydroxylation is 1. The standard InChI is InChI=1S/C12H13BrN4OS/c1-3-4-7-10(13)12(19)15-11(14-7)8-5-6-9(18-2)17-16-8/h5-6H,3-4H2,1-2H3,(H,14,15,19). The highest BCUT2D eigenvalue weighted by atomic mass is 79.9. The first-order valence-electron chi connectivity index (χ1n) is 5.82. The van der Waals surface area contributed by atoms with Crippen LogP contribution >= 0.6 is 28.1 Å². The average Bonchev–Trinajstić information content (AvgIpc) is 2.44. The van der Waals surface area contributed by atoms with Crippen molar-refractivity contribution in [1.82, 2.24) is 20.2 Å². The summed E-state index contributed by atoms with van der Waals surface area (Å²) >= 11 is 8.70. The number of rotatable bonds is 4. The van der Waals surface area contributed by atoms with Gasteiger partial charge in [0.05, 0.1) is 11.6 Å². The molecule has 2 rings (SSSR count). The minimum absolute atomic E-state index is 0.466. The predicted molar refractivity (Wildman–Crippen MR) is 78.7 cm³/mol. The maximum atomic E-state index is 5.24. The number of methoxy groups -OCH3 is 1. The summed E-state index contributed by atoms with van der Waals surface area (Å²) in [6, 6.07) is 3.53. The molecular weight excluding hydrogens is 328 g/mol. The van der Waals surface area contributed by atoms with Gasteiger partial charge in [-0.25, -0.2) is 4.98 Å². The van der Waals surface area contributed by atoms with Crippen LogP contribution in [0, 0.1) is 4.64 Å². The SMILES string of the molecule is CCCc1[nH]c(-c2ccc(OC)nn2)nc(=S)c1Br. The lowest BCUT2D eigenvalue weighted by molar-refractivity contribution is 0.392. The Morgan fingerprint density at radius 3 is 2.74 bits per heavy atom. The maximum Gasteiger partial charge on any atom is 0.233 e. The third-order valence-corrected chi connectivity index (χ3v) is 3.94. The third kappa shape index (κ3) is 3.16. The minimum atomic E-state index is 0.466. The first-order valence-corrected chi connectivity index (χ1v) is 7.02. The number of hydrogen-bond acceptors (Lipinski definition) is 5. The number of aromatic amines is 1. The van der Waals surface area contributed by atoms with E-state index in [0.717, 1.165) is 23.0 Å². The molecule has 0 aliphatic heterocycles. The van der Waals surface area contributed by atoms with Crippen molar-refractivity contribution in [1.29, 1.82) is 0 Å². The first kappa shape index (κ1) is 14.1. The summed E-state index contributed by atoms with van der Waals surface area (Å²) in [6.07, 6.45) is 1.91. The number of nitrogens with one attached hydrogen (secondary N) is 1. The average molecular weight is 341 g/mol. The molecule has 0 radical (unpaired) electrons. The highest BCUT2D eigenvalue weighted by Gasteiger charge is 2.09. The third-order valence-electron chi connectivity index (χ3n) is 2.53. The lowest BCUT2D eigenvalue weighted by Gasteiger charge is -2.07. The van der Waals surface area contributed by atoms with Gasteiger partial charge >= 0.3 is 0 Å². The molecule has 0 aliphatic rings. The van der Waals surface area contributed by atoms with E-state index in [1.54, 1.807) is 19.2 Å². The fraction of sp³-hybridized carbons (Fsp3) is 0.333. The Morgan fingerprint density at radius 1 is 1.37 bits per heavy atom. The molecule has 0 amide bonds. The molecule has 2 heterocycles. The summed E-state index contributed by atoms with van der Waals surface area (Å²) in [4.78, 5) is 7.55. The van der Waals surface area contributed by atoms with Crippen LogP contribution in [0.3, 0.4) is 0 Å². The Kier molecular flexibility index (Phi) is 4.60. The Balaban J connectivity index is 2.46. The Morgan fingerprint density at radius 2 is 2.16 bits per heavy atom. The van der Waals surface area contributed by atoms with Gasteiger partial charge in [0.1, 0.15) is 10.3 Å². The van der Waals surface area contributed by atoms with Gasteiger partial charge in [-0.15, -0.1) is 10.2 Å². The maximum absolute atomic E-state index is 5.24. The second-order valence-corrected chi connectivity index (χ2v) is 5.07. The number of ether oxygens (including phenoxy) is 1. The smallest absolute Gasteiger partial charge is 0.233 e. The second-order valence-electron chi connectivity index (χ2n) is 3.89. The summed E-state index contributed by atoms with van der Waals surface area (Å²) in [7, 11) is 1.55. The van der Waals surface area contributed by atoms with Crippen LogP contribution in [0.4, 0.5) is 0 Å². The molecule has 5 nitrogen and oxygen atoms in total. The second kappa shape index (κ2) is 6.21. The van der Waals surface area contributed by atoms with E-state index in [4.69, 9.17) is 17.0 Å². The van der Waals surface area contributed by atoms with Gasteiger partial charge in [-0.05, 0) is 28.4 Å². The minimum Gasteiger partial charge on any atom is -0.480 e. The topological polar surface area (TPSA) is 63.7 Å². The van der Waals surface area contributed by atoms with Crippen molar-refractivity contribution in [2.45, 2.75) is 19.8 Å². The molecule has 2 aromatic rings. The zero-order valence-corrected chi connectivity index (χ0v) is 13.0. The van der Waals surface area contributed by atoms with E-state index >= 15 is 0 Å². The van der Waals surface area contributed by atoms with Crippen molar-refractivity contribution >= 4 is 28.1 Å². The molecule has 0 fully saturated rings. The normalized spacial score (nSPS) is 10.5. The van der Waals surface area contributed by atoms with Crippen LogP contribution in [0.2, 0.25) is 0 Å². The molecule has 0 spiro atoms. The number of hydrogen-bond donors (Lipinski definition) is 1. The van der Waals surface area contributed by atoms with Crippen LogP contribution in [0.25, 0.3) is 11.5 Å². The van der Waals surface area contributed by atoms with Crippen molar-refractivity contribution in [3.8, 4) is 17.4 Å². The summed E-state index contributed by atoms with van der Waals surface area (Å²) < 4.78 is 6.34. The van der Waals surface area contributed by atoms with Crippen molar-refractivity contribution in [3.63, 3.8) is 0 Å². The van der Waals surface area contributed by atoms with E-state index in [1.807, 2.05) is 0 Å². The molecule has 0 aromatic carbocycles. The molecule has 0 aliphatic carbocycles. The quantitative estimate of drug-likeness (QED) is 0.865. The van der Waals surface area contributed by atoms with Crippen LogP contribution in [-0.2, 0) is 6.42 Å². The van der Waals surface area contributed by atoms with E-state index < -0.39 is 0 Å². The summed E-state index contributed by atoms with van der Waals surface area (Å²) in [6.45, 7) is 2.11. The number of nitrogens with zero attached hydrogens (tertiary/aromatic N) is 3. The van der Waals surface area contributed by atoms with Crippen molar-refractivity contribution in [2.75, 3.05) is 7.11 Å². The summed E-state index contributed by atoms with van der Waals surface area (Å²) in [5, 5.41) is 7.98. The van der Waals surface area contributed by atoms with Crippen molar-refractivity contribution < 1.29 is 4.74 Å². The van der Waals surface area contributed by atoms with E-state index in [0.29, 0.717) is 22.0 Å². The molecule has 0 saturated heterocycles. The molecule has 7 heteroatoms. The fourth-order valence-corrected chi connectivity index (χ4v) is 2.20. The molecule has 2 aromatic heterocycles. The van der Waals surface area contributed by atoms with Crippen molar-refractivity contribution in [2.24, 2.45) is 0 Å². The Hall–Kier alpha value is -1.34. The lowest BCUT2D eigenvalue weighted by Crippen LogP contribution is -2.00. The van der Waals surface area contributed by atoms with E-state index in [9.17, 15) is 0 Å². The van der Waals surface area contributed by atoms with Crippen LogP contribution in [0.5, 0.6) is 5.88 Å².